The SMILES string of the molecule is CC[C@@H](NC(=O)C1CCN(S(=O)(=O)Cc2ccc(Cl)cc2)CC1)c1ccc(OC)cc1. The van der Waals surface area contributed by atoms with Crippen molar-refractivity contribution in [2.75, 3.05) is 20.2 Å². The van der Waals surface area contributed by atoms with Gasteiger partial charge in [0.2, 0.25) is 15.9 Å². The molecule has 0 aromatic heterocycles. The molecular weight excluding hydrogens is 436 g/mol. The summed E-state index contributed by atoms with van der Waals surface area (Å²) in [5, 5.41) is 3.71. The highest BCUT2D eigenvalue weighted by atomic mass is 35.5. The highest BCUT2D eigenvalue weighted by Gasteiger charge is 2.31. The van der Waals surface area contributed by atoms with Crippen LogP contribution in [0.25, 0.3) is 0 Å². The molecule has 2 aromatic rings. The first-order chi connectivity index (χ1) is 14.8. The van der Waals surface area contributed by atoms with Gasteiger partial charge in [0.25, 0.3) is 0 Å². The minimum Gasteiger partial charge on any atom is -0.497 e. The maximum atomic E-state index is 12.8. The lowest BCUT2D eigenvalue weighted by molar-refractivity contribution is -0.126. The van der Waals surface area contributed by atoms with Crippen LogP contribution in [0.15, 0.2) is 48.5 Å². The Morgan fingerprint density at radius 3 is 2.29 bits per heavy atom. The van der Waals surface area contributed by atoms with Crippen LogP contribution >= 0.6 is 11.6 Å². The number of amides is 1. The summed E-state index contributed by atoms with van der Waals surface area (Å²) in [4.78, 5) is 12.8. The number of carbonyl (C=O) groups is 1. The summed E-state index contributed by atoms with van der Waals surface area (Å²) in [6.45, 7) is 2.74. The molecule has 3 rings (SSSR count). The van der Waals surface area contributed by atoms with Gasteiger partial charge < -0.3 is 10.1 Å². The number of benzene rings is 2. The molecule has 0 radical (unpaired) electrons. The molecule has 1 amide bonds. The lowest BCUT2D eigenvalue weighted by Crippen LogP contribution is -2.44. The predicted octanol–water partition coefficient (Wildman–Crippen LogP) is 4.16. The number of halogens is 1. The Hall–Kier alpha value is -2.09. The molecule has 1 aliphatic rings. The van der Waals surface area contributed by atoms with Gasteiger partial charge in [-0.1, -0.05) is 42.8 Å². The number of hydrogen-bond acceptors (Lipinski definition) is 4. The van der Waals surface area contributed by atoms with Crippen LogP contribution in [0, 0.1) is 5.92 Å². The molecule has 0 unspecified atom stereocenters. The quantitative estimate of drug-likeness (QED) is 0.636. The first kappa shape index (κ1) is 23.6. The second kappa shape index (κ2) is 10.5. The maximum absolute atomic E-state index is 12.8. The van der Waals surface area contributed by atoms with Crippen LogP contribution in [0.2, 0.25) is 5.02 Å². The Morgan fingerprint density at radius 1 is 1.13 bits per heavy atom. The van der Waals surface area contributed by atoms with Gasteiger partial charge in [-0.25, -0.2) is 12.7 Å². The summed E-state index contributed by atoms with van der Waals surface area (Å²) in [7, 11) is -1.81. The van der Waals surface area contributed by atoms with Gasteiger partial charge in [-0.05, 0) is 54.7 Å². The first-order valence-electron chi connectivity index (χ1n) is 10.5. The summed E-state index contributed by atoms with van der Waals surface area (Å²) in [5.74, 6) is 0.514. The average Bonchev–Trinajstić information content (AvgIpc) is 2.79. The van der Waals surface area contributed by atoms with Crippen molar-refractivity contribution < 1.29 is 17.9 Å². The third-order valence-electron chi connectivity index (χ3n) is 5.72. The first-order valence-corrected chi connectivity index (χ1v) is 12.5. The van der Waals surface area contributed by atoms with Crippen LogP contribution in [0.5, 0.6) is 5.75 Å². The zero-order valence-corrected chi connectivity index (χ0v) is 19.5. The van der Waals surface area contributed by atoms with Gasteiger partial charge in [-0.3, -0.25) is 4.79 Å². The Balaban J connectivity index is 1.55. The van der Waals surface area contributed by atoms with Crippen LogP contribution < -0.4 is 10.1 Å². The van der Waals surface area contributed by atoms with Crippen molar-refractivity contribution in [3.63, 3.8) is 0 Å². The predicted molar refractivity (Wildman–Crippen MR) is 123 cm³/mol. The van der Waals surface area contributed by atoms with E-state index in [1.165, 1.54) is 4.31 Å². The monoisotopic (exact) mass is 464 g/mol. The topological polar surface area (TPSA) is 75.7 Å². The maximum Gasteiger partial charge on any atom is 0.223 e. The van der Waals surface area contributed by atoms with E-state index < -0.39 is 10.0 Å². The largest absolute Gasteiger partial charge is 0.497 e. The molecule has 8 heteroatoms. The number of nitrogens with one attached hydrogen (secondary N) is 1. The molecule has 2 aromatic carbocycles. The normalized spacial score (nSPS) is 16.6. The average molecular weight is 465 g/mol. The summed E-state index contributed by atoms with van der Waals surface area (Å²) in [5.41, 5.74) is 1.73. The molecular formula is C23H29ClN2O4S. The van der Waals surface area contributed by atoms with E-state index >= 15 is 0 Å². The number of ether oxygens (including phenoxy) is 1. The van der Waals surface area contributed by atoms with Crippen molar-refractivity contribution in [3.8, 4) is 5.75 Å². The van der Waals surface area contributed by atoms with Crippen LogP contribution in [0.3, 0.4) is 0 Å². The zero-order valence-electron chi connectivity index (χ0n) is 17.9. The van der Waals surface area contributed by atoms with Crippen molar-refractivity contribution in [1.29, 1.82) is 0 Å². The van der Waals surface area contributed by atoms with Crippen LogP contribution in [-0.4, -0.2) is 38.8 Å². The van der Waals surface area contributed by atoms with E-state index in [4.69, 9.17) is 16.3 Å². The third kappa shape index (κ3) is 6.21. The fraction of sp³-hybridized carbons (Fsp3) is 0.435. The van der Waals surface area contributed by atoms with E-state index in [0.29, 0.717) is 36.5 Å². The number of methoxy groups -OCH3 is 1. The molecule has 0 bridgehead atoms. The van der Waals surface area contributed by atoms with Crippen molar-refractivity contribution >= 4 is 27.5 Å². The second-order valence-corrected chi connectivity index (χ2v) is 10.2. The molecule has 0 saturated carbocycles. The van der Waals surface area contributed by atoms with Gasteiger partial charge >= 0.3 is 0 Å². The standard InChI is InChI=1S/C23H29ClN2O4S/c1-3-22(18-6-10-21(30-2)11-7-18)25-23(27)19-12-14-26(15-13-19)31(28,29)16-17-4-8-20(24)9-5-17/h4-11,19,22H,3,12-16H2,1-2H3,(H,25,27)/t22-/m1/s1. The van der Waals surface area contributed by atoms with Gasteiger partial charge in [-0.2, -0.15) is 0 Å². The molecule has 1 fully saturated rings. The Labute approximate surface area is 189 Å². The Kier molecular flexibility index (Phi) is 7.97. The van der Waals surface area contributed by atoms with E-state index in [2.05, 4.69) is 5.32 Å². The number of piperidine rings is 1. The highest BCUT2D eigenvalue weighted by molar-refractivity contribution is 7.88. The Bertz CT molecular complexity index is 970. The molecule has 6 nitrogen and oxygen atoms in total. The molecule has 1 saturated heterocycles. The molecule has 31 heavy (non-hydrogen) atoms. The van der Waals surface area contributed by atoms with Crippen LogP contribution in [-0.2, 0) is 20.6 Å². The van der Waals surface area contributed by atoms with Gasteiger partial charge in [0, 0.05) is 24.0 Å². The number of hydrogen-bond donors (Lipinski definition) is 1. The molecule has 1 aliphatic heterocycles. The van der Waals surface area contributed by atoms with E-state index in [1.807, 2.05) is 31.2 Å². The van der Waals surface area contributed by atoms with Crippen molar-refractivity contribution in [1.82, 2.24) is 9.62 Å². The van der Waals surface area contributed by atoms with Gasteiger partial charge in [0.1, 0.15) is 5.75 Å². The minimum absolute atomic E-state index is 0.0163. The second-order valence-electron chi connectivity index (χ2n) is 7.80. The van der Waals surface area contributed by atoms with E-state index in [1.54, 1.807) is 31.4 Å². The lowest BCUT2D eigenvalue weighted by atomic mass is 9.95. The lowest BCUT2D eigenvalue weighted by Gasteiger charge is -2.31. The molecule has 0 aliphatic carbocycles. The van der Waals surface area contributed by atoms with Crippen molar-refractivity contribution in [2.45, 2.75) is 38.0 Å². The van der Waals surface area contributed by atoms with Crippen LogP contribution in [0.4, 0.5) is 0 Å². The fourth-order valence-corrected chi connectivity index (χ4v) is 5.51. The van der Waals surface area contributed by atoms with Crippen molar-refractivity contribution in [2.24, 2.45) is 5.92 Å². The van der Waals surface area contributed by atoms with Crippen molar-refractivity contribution in [3.05, 3.63) is 64.7 Å². The zero-order chi connectivity index (χ0) is 22.4. The summed E-state index contributed by atoms with van der Waals surface area (Å²) in [6.07, 6.45) is 1.81. The van der Waals surface area contributed by atoms with E-state index in [-0.39, 0.29) is 23.6 Å². The summed E-state index contributed by atoms with van der Waals surface area (Å²) < 4.78 is 32.2. The van der Waals surface area contributed by atoms with Crippen LogP contribution in [0.1, 0.15) is 43.4 Å². The Morgan fingerprint density at radius 2 is 1.74 bits per heavy atom. The molecule has 1 atom stereocenters. The number of rotatable bonds is 8. The highest BCUT2D eigenvalue weighted by Crippen LogP contribution is 2.25. The molecule has 168 valence electrons. The summed E-state index contributed by atoms with van der Waals surface area (Å²) in [6, 6.07) is 14.4. The summed E-state index contributed by atoms with van der Waals surface area (Å²) >= 11 is 5.87. The van der Waals surface area contributed by atoms with Gasteiger partial charge in [0.05, 0.1) is 18.9 Å². The number of sulfonamides is 1. The number of nitrogens with zero attached hydrogens (tertiary/aromatic N) is 1. The van der Waals surface area contributed by atoms with Gasteiger partial charge in [0.15, 0.2) is 0 Å². The number of carbonyl (C=O) groups excluding carboxylic acids is 1. The smallest absolute Gasteiger partial charge is 0.223 e. The molecule has 1 heterocycles. The molecule has 0 spiro atoms. The molecule has 1 N–H and O–H groups in total. The van der Waals surface area contributed by atoms with E-state index in [0.717, 1.165) is 17.7 Å². The fourth-order valence-electron chi connectivity index (χ4n) is 3.83. The van der Waals surface area contributed by atoms with Gasteiger partial charge in [-0.15, -0.1) is 0 Å². The minimum atomic E-state index is -3.43. The third-order valence-corrected chi connectivity index (χ3v) is 7.83. The van der Waals surface area contributed by atoms with E-state index in [9.17, 15) is 13.2 Å².